The molecule has 2 aliphatic rings. The highest BCUT2D eigenvalue weighted by molar-refractivity contribution is 7.90. The van der Waals surface area contributed by atoms with E-state index in [4.69, 9.17) is 0 Å². The van der Waals surface area contributed by atoms with E-state index in [1.165, 1.54) is 6.92 Å². The van der Waals surface area contributed by atoms with Crippen LogP contribution in [-0.4, -0.2) is 54.0 Å². The number of hydrogen-bond donors (Lipinski definition) is 1. The zero-order chi connectivity index (χ0) is 18.9. The first kappa shape index (κ1) is 19.1. The molecule has 1 saturated carbocycles. The molecule has 0 aromatic carbocycles. The lowest BCUT2D eigenvalue weighted by molar-refractivity contribution is 0.0717. The molecule has 1 saturated heterocycles. The van der Waals surface area contributed by atoms with Gasteiger partial charge in [0.15, 0.2) is 5.78 Å². The quantitative estimate of drug-likeness (QED) is 0.786. The fourth-order valence-electron chi connectivity index (χ4n) is 3.88. The molecule has 0 spiro atoms. The fourth-order valence-corrected chi connectivity index (χ4v) is 5.63. The van der Waals surface area contributed by atoms with Gasteiger partial charge in [-0.3, -0.25) is 9.59 Å². The highest BCUT2D eigenvalue weighted by atomic mass is 32.2. The van der Waals surface area contributed by atoms with Crippen LogP contribution < -0.4 is 4.72 Å². The van der Waals surface area contributed by atoms with Crippen LogP contribution in [-0.2, 0) is 17.1 Å². The van der Waals surface area contributed by atoms with Crippen molar-refractivity contribution in [2.75, 3.05) is 13.1 Å². The number of likely N-dealkylation sites (tertiary alicyclic amines) is 1. The Morgan fingerprint density at radius 3 is 2.46 bits per heavy atom. The Hall–Kier alpha value is -1.67. The van der Waals surface area contributed by atoms with Crippen molar-refractivity contribution in [1.82, 2.24) is 14.2 Å². The highest BCUT2D eigenvalue weighted by Crippen LogP contribution is 2.23. The van der Waals surface area contributed by atoms with Crippen molar-refractivity contribution in [2.24, 2.45) is 7.05 Å². The van der Waals surface area contributed by atoms with Gasteiger partial charge in [0.05, 0.1) is 5.25 Å². The highest BCUT2D eigenvalue weighted by Gasteiger charge is 2.35. The molecule has 1 amide bonds. The van der Waals surface area contributed by atoms with Gasteiger partial charge in [-0.05, 0) is 38.7 Å². The van der Waals surface area contributed by atoms with Crippen LogP contribution in [0.3, 0.4) is 0 Å². The number of hydrogen-bond acceptors (Lipinski definition) is 4. The molecule has 7 nitrogen and oxygen atoms in total. The molecular weight excluding hydrogens is 354 g/mol. The zero-order valence-corrected chi connectivity index (χ0v) is 16.2. The van der Waals surface area contributed by atoms with Crippen LogP contribution in [0.4, 0.5) is 0 Å². The molecule has 1 aromatic rings. The van der Waals surface area contributed by atoms with Crippen LogP contribution in [0.1, 0.15) is 66.3 Å². The number of piperidine rings is 1. The molecule has 1 N–H and O–H groups in total. The maximum atomic E-state index is 12.9. The van der Waals surface area contributed by atoms with Crippen molar-refractivity contribution in [3.63, 3.8) is 0 Å². The molecule has 1 aliphatic carbocycles. The van der Waals surface area contributed by atoms with Crippen molar-refractivity contribution in [3.8, 4) is 0 Å². The van der Waals surface area contributed by atoms with E-state index in [0.717, 1.165) is 25.7 Å². The Labute approximate surface area is 154 Å². The van der Waals surface area contributed by atoms with Crippen molar-refractivity contribution in [3.05, 3.63) is 23.5 Å². The molecule has 2 fully saturated rings. The monoisotopic (exact) mass is 381 g/mol. The molecule has 3 rings (SSSR count). The summed E-state index contributed by atoms with van der Waals surface area (Å²) < 4.78 is 29.9. The summed E-state index contributed by atoms with van der Waals surface area (Å²) in [7, 11) is -1.72. The molecule has 0 bridgehead atoms. The van der Waals surface area contributed by atoms with Gasteiger partial charge in [-0.2, -0.15) is 0 Å². The van der Waals surface area contributed by atoms with Crippen molar-refractivity contribution in [1.29, 1.82) is 0 Å². The first-order chi connectivity index (χ1) is 12.3. The minimum absolute atomic E-state index is 0.0390. The molecule has 26 heavy (non-hydrogen) atoms. The third-order valence-electron chi connectivity index (χ3n) is 5.42. The van der Waals surface area contributed by atoms with Gasteiger partial charge in [-0.25, -0.2) is 13.1 Å². The summed E-state index contributed by atoms with van der Waals surface area (Å²) in [6.45, 7) is 2.19. The summed E-state index contributed by atoms with van der Waals surface area (Å²) in [4.78, 5) is 26.0. The second kappa shape index (κ2) is 7.52. The number of rotatable bonds is 5. The Bertz CT molecular complexity index is 793. The van der Waals surface area contributed by atoms with Gasteiger partial charge in [0.2, 0.25) is 10.0 Å². The van der Waals surface area contributed by atoms with Crippen LogP contribution >= 0.6 is 0 Å². The number of ketones is 1. The number of sulfonamides is 1. The van der Waals surface area contributed by atoms with Crippen molar-refractivity contribution < 1.29 is 18.0 Å². The largest absolute Gasteiger partial charge is 0.346 e. The van der Waals surface area contributed by atoms with E-state index in [9.17, 15) is 18.0 Å². The lowest BCUT2D eigenvalue weighted by Gasteiger charge is -2.33. The van der Waals surface area contributed by atoms with Gasteiger partial charge in [0.25, 0.3) is 5.91 Å². The van der Waals surface area contributed by atoms with E-state index < -0.39 is 15.3 Å². The third kappa shape index (κ3) is 4.01. The second-order valence-corrected chi connectivity index (χ2v) is 9.43. The molecule has 2 heterocycles. The van der Waals surface area contributed by atoms with E-state index in [1.807, 2.05) is 0 Å². The molecule has 0 radical (unpaired) electrons. The number of carbonyl (C=O) groups is 2. The molecule has 1 aromatic heterocycles. The predicted octanol–water partition coefficient (Wildman–Crippen LogP) is 1.69. The molecule has 1 aliphatic heterocycles. The fraction of sp³-hybridized carbons (Fsp3) is 0.667. The number of nitrogens with one attached hydrogen (secondary N) is 1. The van der Waals surface area contributed by atoms with Crippen LogP contribution in [0.2, 0.25) is 0 Å². The van der Waals surface area contributed by atoms with E-state index in [0.29, 0.717) is 30.6 Å². The number of carbonyl (C=O) groups excluding carboxylic acids is 2. The maximum Gasteiger partial charge on any atom is 0.270 e. The third-order valence-corrected chi connectivity index (χ3v) is 7.35. The van der Waals surface area contributed by atoms with Crippen LogP contribution in [0.25, 0.3) is 0 Å². The van der Waals surface area contributed by atoms with Crippen LogP contribution in [0, 0.1) is 0 Å². The molecule has 8 heteroatoms. The van der Waals surface area contributed by atoms with Crippen LogP contribution in [0.15, 0.2) is 12.3 Å². The summed E-state index contributed by atoms with van der Waals surface area (Å²) >= 11 is 0. The van der Waals surface area contributed by atoms with Gasteiger partial charge in [0.1, 0.15) is 5.69 Å². The van der Waals surface area contributed by atoms with Crippen molar-refractivity contribution >= 4 is 21.7 Å². The topological polar surface area (TPSA) is 88.5 Å². The van der Waals surface area contributed by atoms with E-state index in [2.05, 4.69) is 4.72 Å². The lowest BCUT2D eigenvalue weighted by Crippen LogP contribution is -2.50. The number of aryl methyl sites for hydroxylation is 1. The normalized spacial score (nSPS) is 21.9. The van der Waals surface area contributed by atoms with Gasteiger partial charge < -0.3 is 9.47 Å². The van der Waals surface area contributed by atoms with Gasteiger partial charge in [-0.15, -0.1) is 0 Å². The first-order valence-corrected chi connectivity index (χ1v) is 10.8. The standard InChI is InChI=1S/C18H27N3O4S/c1-13(22)14-10-17(20(2)11-14)18(23)21-9-5-8-16(12-21)26(24,25)19-15-6-3-4-7-15/h10-11,15-16,19H,3-9,12H2,1-2H3/t16-/m0/s1. The molecular formula is C18H27N3O4S. The summed E-state index contributed by atoms with van der Waals surface area (Å²) in [5.41, 5.74) is 0.900. The van der Waals surface area contributed by atoms with Gasteiger partial charge in [0, 0.05) is 37.9 Å². The Balaban J connectivity index is 1.71. The van der Waals surface area contributed by atoms with Crippen LogP contribution in [0.5, 0.6) is 0 Å². The minimum atomic E-state index is -3.44. The number of amides is 1. The van der Waals surface area contributed by atoms with E-state index in [-0.39, 0.29) is 24.3 Å². The maximum absolute atomic E-state index is 12.9. The Kier molecular flexibility index (Phi) is 5.53. The molecule has 0 unspecified atom stereocenters. The number of nitrogens with zero attached hydrogens (tertiary/aromatic N) is 2. The zero-order valence-electron chi connectivity index (χ0n) is 15.4. The minimum Gasteiger partial charge on any atom is -0.346 e. The average Bonchev–Trinajstić information content (AvgIpc) is 3.23. The van der Waals surface area contributed by atoms with Crippen molar-refractivity contribution in [2.45, 2.75) is 56.7 Å². The number of aromatic nitrogens is 1. The Morgan fingerprint density at radius 2 is 1.85 bits per heavy atom. The molecule has 1 atom stereocenters. The lowest BCUT2D eigenvalue weighted by atomic mass is 10.1. The summed E-state index contributed by atoms with van der Waals surface area (Å²) in [6, 6.07) is 1.62. The smallest absolute Gasteiger partial charge is 0.270 e. The first-order valence-electron chi connectivity index (χ1n) is 9.25. The average molecular weight is 381 g/mol. The second-order valence-electron chi connectivity index (χ2n) is 7.44. The van der Waals surface area contributed by atoms with E-state index in [1.54, 1.807) is 28.8 Å². The SMILES string of the molecule is CC(=O)c1cc(C(=O)N2CCC[C@H](S(=O)(=O)NC3CCCC3)C2)n(C)c1. The summed E-state index contributed by atoms with van der Waals surface area (Å²) in [5, 5.41) is -0.576. The summed E-state index contributed by atoms with van der Waals surface area (Å²) in [6.07, 6.45) is 6.78. The predicted molar refractivity (Wildman–Crippen MR) is 98.7 cm³/mol. The summed E-state index contributed by atoms with van der Waals surface area (Å²) in [5.74, 6) is -0.319. The Morgan fingerprint density at radius 1 is 1.15 bits per heavy atom. The van der Waals surface area contributed by atoms with E-state index >= 15 is 0 Å². The molecule has 144 valence electrons. The van der Waals surface area contributed by atoms with Gasteiger partial charge >= 0.3 is 0 Å². The number of Topliss-reactive ketones (excluding diaryl/α,β-unsaturated/α-hetero) is 1. The van der Waals surface area contributed by atoms with Gasteiger partial charge in [-0.1, -0.05) is 12.8 Å².